The zero-order valence-corrected chi connectivity index (χ0v) is 16.9. The second kappa shape index (κ2) is 9.23. The van der Waals surface area contributed by atoms with Crippen molar-refractivity contribution in [1.82, 2.24) is 4.72 Å². The number of carbonyl (C=O) groups excluding carboxylic acids is 1. The Kier molecular flexibility index (Phi) is 6.72. The van der Waals surface area contributed by atoms with Crippen LogP contribution in [0.4, 0.5) is 0 Å². The number of rotatable bonds is 8. The Morgan fingerprint density at radius 3 is 2.21 bits per heavy atom. The monoisotopic (exact) mass is 415 g/mol. The van der Waals surface area contributed by atoms with E-state index in [9.17, 15) is 13.2 Å². The van der Waals surface area contributed by atoms with Gasteiger partial charge in [-0.3, -0.25) is 4.79 Å². The predicted octanol–water partition coefficient (Wildman–Crippen LogP) is 4.36. The zero-order chi connectivity index (χ0) is 20.0. The maximum Gasteiger partial charge on any atom is 0.241 e. The Morgan fingerprint density at radius 2 is 1.64 bits per heavy atom. The van der Waals surface area contributed by atoms with Crippen LogP contribution in [-0.4, -0.2) is 19.3 Å². The number of sulfonamides is 1. The highest BCUT2D eigenvalue weighted by Crippen LogP contribution is 2.36. The lowest BCUT2D eigenvalue weighted by molar-refractivity contribution is -0.112. The van der Waals surface area contributed by atoms with E-state index in [0.29, 0.717) is 11.5 Å². The van der Waals surface area contributed by atoms with Crippen LogP contribution in [0.5, 0.6) is 0 Å². The summed E-state index contributed by atoms with van der Waals surface area (Å²) < 4.78 is 34.2. The molecule has 2 atom stereocenters. The molecule has 5 nitrogen and oxygen atoms in total. The molecule has 0 aliphatic rings. The summed E-state index contributed by atoms with van der Waals surface area (Å²) in [5, 5.41) is -0.120. The lowest BCUT2D eigenvalue weighted by Gasteiger charge is -2.25. The van der Waals surface area contributed by atoms with E-state index in [0.717, 1.165) is 5.56 Å². The van der Waals surface area contributed by atoms with Crippen molar-refractivity contribution in [2.45, 2.75) is 23.8 Å². The highest BCUT2D eigenvalue weighted by atomic mass is 32.2. The molecule has 28 heavy (non-hydrogen) atoms. The minimum atomic E-state index is -3.86. The van der Waals surface area contributed by atoms with Gasteiger partial charge < -0.3 is 4.42 Å². The van der Waals surface area contributed by atoms with Crippen LogP contribution >= 0.6 is 11.8 Å². The van der Waals surface area contributed by atoms with Gasteiger partial charge in [0.25, 0.3) is 0 Å². The van der Waals surface area contributed by atoms with Crippen LogP contribution in [-0.2, 0) is 14.8 Å². The normalized spacial score (nSPS) is 13.8. The van der Waals surface area contributed by atoms with E-state index in [4.69, 9.17) is 4.42 Å². The Morgan fingerprint density at radius 1 is 1.00 bits per heavy atom. The molecule has 2 aromatic carbocycles. The summed E-state index contributed by atoms with van der Waals surface area (Å²) >= 11 is 1.17. The summed E-state index contributed by atoms with van der Waals surface area (Å²) in [5.74, 6) is 0.257. The molecule has 0 fully saturated rings. The van der Waals surface area contributed by atoms with Crippen molar-refractivity contribution in [3.63, 3.8) is 0 Å². The second-order valence-corrected chi connectivity index (χ2v) is 9.05. The van der Waals surface area contributed by atoms with Crippen molar-refractivity contribution in [3.05, 3.63) is 90.4 Å². The molecule has 3 aromatic rings. The van der Waals surface area contributed by atoms with Crippen molar-refractivity contribution in [3.8, 4) is 0 Å². The van der Waals surface area contributed by atoms with Crippen molar-refractivity contribution in [2.75, 3.05) is 5.75 Å². The van der Waals surface area contributed by atoms with Gasteiger partial charge in [0, 0.05) is 0 Å². The number of nitrogens with one attached hydrogen (secondary N) is 1. The van der Waals surface area contributed by atoms with Gasteiger partial charge in [0.05, 0.1) is 23.1 Å². The first-order chi connectivity index (χ1) is 13.5. The fourth-order valence-electron chi connectivity index (χ4n) is 2.95. The van der Waals surface area contributed by atoms with E-state index in [1.165, 1.54) is 30.2 Å². The molecule has 0 aliphatic carbocycles. The van der Waals surface area contributed by atoms with Crippen LogP contribution in [0.1, 0.15) is 30.2 Å². The third kappa shape index (κ3) is 4.73. The molecular formula is C21H21NO4S2. The maximum absolute atomic E-state index is 13.0. The smallest absolute Gasteiger partial charge is 0.241 e. The highest BCUT2D eigenvalue weighted by Gasteiger charge is 2.36. The number of carbonyl (C=O) groups is 1. The fourth-order valence-corrected chi connectivity index (χ4v) is 4.92. The summed E-state index contributed by atoms with van der Waals surface area (Å²) in [4.78, 5) is 13.1. The molecule has 0 saturated heterocycles. The molecule has 1 aromatic heterocycles. The Bertz CT molecular complexity index is 987. The molecule has 1 N–H and O–H groups in total. The minimum Gasteiger partial charge on any atom is -0.468 e. The first-order valence-corrected chi connectivity index (χ1v) is 11.3. The molecule has 0 unspecified atom stereocenters. The van der Waals surface area contributed by atoms with Crippen LogP contribution in [0.3, 0.4) is 0 Å². The lowest BCUT2D eigenvalue weighted by atomic mass is 9.91. The van der Waals surface area contributed by atoms with Crippen molar-refractivity contribution < 1.29 is 17.6 Å². The van der Waals surface area contributed by atoms with Gasteiger partial charge in [-0.1, -0.05) is 67.2 Å². The summed E-state index contributed by atoms with van der Waals surface area (Å²) in [5.41, 5.74) is 0.727. The minimum absolute atomic E-state index is 0.120. The van der Waals surface area contributed by atoms with Gasteiger partial charge in [0.15, 0.2) is 5.12 Å². The van der Waals surface area contributed by atoms with E-state index in [-0.39, 0.29) is 10.0 Å². The standard InChI is InChI=1S/C21H21NO4S2/c1-2-27-21(23)19(16-10-5-3-6-11-16)20(18-14-9-15-26-18)22-28(24,25)17-12-7-4-8-13-17/h3-15,19-20,22H,2H2,1H3/t19-,20+/m0/s1. The molecule has 0 bridgehead atoms. The average molecular weight is 416 g/mol. The molecule has 1 heterocycles. The molecule has 0 saturated carbocycles. The van der Waals surface area contributed by atoms with E-state index in [2.05, 4.69) is 4.72 Å². The summed E-state index contributed by atoms with van der Waals surface area (Å²) in [6, 6.07) is 19.7. The predicted molar refractivity (Wildman–Crippen MR) is 111 cm³/mol. The van der Waals surface area contributed by atoms with Crippen molar-refractivity contribution in [2.24, 2.45) is 0 Å². The van der Waals surface area contributed by atoms with Crippen LogP contribution < -0.4 is 4.72 Å². The number of furan rings is 1. The third-order valence-corrected chi connectivity index (χ3v) is 6.50. The van der Waals surface area contributed by atoms with E-state index >= 15 is 0 Å². The van der Waals surface area contributed by atoms with Crippen LogP contribution in [0.25, 0.3) is 0 Å². The van der Waals surface area contributed by atoms with Gasteiger partial charge >= 0.3 is 0 Å². The Hall–Kier alpha value is -2.35. The molecule has 0 radical (unpaired) electrons. The quantitative estimate of drug-likeness (QED) is 0.591. The maximum atomic E-state index is 13.0. The number of thioether (sulfide) groups is 1. The molecule has 0 aliphatic heterocycles. The Labute approximate surface area is 169 Å². The van der Waals surface area contributed by atoms with Crippen molar-refractivity contribution in [1.29, 1.82) is 0 Å². The number of benzene rings is 2. The van der Waals surface area contributed by atoms with E-state index in [1.807, 2.05) is 37.3 Å². The second-order valence-electron chi connectivity index (χ2n) is 6.07. The van der Waals surface area contributed by atoms with Crippen molar-refractivity contribution >= 4 is 26.9 Å². The largest absolute Gasteiger partial charge is 0.468 e. The molecule has 0 spiro atoms. The fraction of sp³-hybridized carbons (Fsp3) is 0.190. The van der Waals surface area contributed by atoms with Gasteiger partial charge in [0.2, 0.25) is 10.0 Å². The zero-order valence-electron chi connectivity index (χ0n) is 15.3. The summed E-state index contributed by atoms with van der Waals surface area (Å²) in [6.45, 7) is 1.89. The Balaban J connectivity index is 2.06. The summed E-state index contributed by atoms with van der Waals surface area (Å²) in [6.07, 6.45) is 1.47. The summed E-state index contributed by atoms with van der Waals surface area (Å²) in [7, 11) is -3.86. The van der Waals surface area contributed by atoms with Gasteiger partial charge in [0.1, 0.15) is 5.76 Å². The third-order valence-electron chi connectivity index (χ3n) is 4.22. The van der Waals surface area contributed by atoms with Gasteiger partial charge in [-0.2, -0.15) is 4.72 Å². The number of hydrogen-bond acceptors (Lipinski definition) is 5. The SMILES string of the molecule is CCSC(=O)[C@@H](c1ccccc1)[C@H](NS(=O)(=O)c1ccccc1)c1ccco1. The molecule has 0 amide bonds. The first-order valence-electron chi connectivity index (χ1n) is 8.85. The topological polar surface area (TPSA) is 76.4 Å². The highest BCUT2D eigenvalue weighted by molar-refractivity contribution is 8.13. The van der Waals surface area contributed by atoms with Crippen LogP contribution in [0.15, 0.2) is 88.4 Å². The molecule has 146 valence electrons. The first kappa shape index (κ1) is 20.4. The molecular weight excluding hydrogens is 394 g/mol. The molecule has 7 heteroatoms. The van der Waals surface area contributed by atoms with E-state index in [1.54, 1.807) is 30.3 Å². The molecule has 3 rings (SSSR count). The average Bonchev–Trinajstić information content (AvgIpc) is 3.24. The van der Waals surface area contributed by atoms with Crippen LogP contribution in [0, 0.1) is 0 Å². The van der Waals surface area contributed by atoms with Gasteiger partial charge in [-0.25, -0.2) is 8.42 Å². The van der Waals surface area contributed by atoms with Crippen LogP contribution in [0.2, 0.25) is 0 Å². The van der Waals surface area contributed by atoms with Gasteiger partial charge in [-0.05, 0) is 35.6 Å². The number of hydrogen-bond donors (Lipinski definition) is 1. The van der Waals surface area contributed by atoms with Gasteiger partial charge in [-0.15, -0.1) is 0 Å². The lowest BCUT2D eigenvalue weighted by Crippen LogP contribution is -2.35. The van der Waals surface area contributed by atoms with E-state index < -0.39 is 22.0 Å².